The van der Waals surface area contributed by atoms with Crippen molar-refractivity contribution in [2.45, 2.75) is 0 Å². The highest BCUT2D eigenvalue weighted by Gasteiger charge is 2.25. The number of hydrogen-bond donors (Lipinski definition) is 1. The highest BCUT2D eigenvalue weighted by atomic mass is 32.2. The van der Waals surface area contributed by atoms with Gasteiger partial charge in [-0.2, -0.15) is 18.0 Å². The molecular formula is C10H13N5O2S. The molecule has 2 N–H and O–H groups in total. The average Bonchev–Trinajstić information content (AvgIpc) is 2.38. The number of pyridine rings is 1. The fourth-order valence-electron chi connectivity index (χ4n) is 1.89. The Balaban J connectivity index is 2.13. The van der Waals surface area contributed by atoms with Crippen molar-refractivity contribution in [3.8, 4) is 6.07 Å². The minimum absolute atomic E-state index is 0.306. The summed E-state index contributed by atoms with van der Waals surface area (Å²) in [5.74, 6) is 0.592. The van der Waals surface area contributed by atoms with Crippen molar-refractivity contribution in [3.63, 3.8) is 0 Å². The molecule has 0 spiro atoms. The van der Waals surface area contributed by atoms with Gasteiger partial charge in [0.2, 0.25) is 0 Å². The summed E-state index contributed by atoms with van der Waals surface area (Å²) in [6, 6.07) is 5.46. The minimum atomic E-state index is -3.63. The van der Waals surface area contributed by atoms with Crippen molar-refractivity contribution < 1.29 is 8.42 Å². The van der Waals surface area contributed by atoms with Gasteiger partial charge in [-0.15, -0.1) is 0 Å². The molecule has 1 saturated heterocycles. The van der Waals surface area contributed by atoms with E-state index in [1.165, 1.54) is 4.31 Å². The van der Waals surface area contributed by atoms with E-state index in [0.29, 0.717) is 37.6 Å². The van der Waals surface area contributed by atoms with Crippen molar-refractivity contribution >= 4 is 16.0 Å². The third-order valence-corrected chi connectivity index (χ3v) is 3.89. The van der Waals surface area contributed by atoms with Gasteiger partial charge in [0.05, 0.1) is 5.56 Å². The van der Waals surface area contributed by atoms with E-state index in [1.54, 1.807) is 18.3 Å². The van der Waals surface area contributed by atoms with Crippen molar-refractivity contribution in [2.75, 3.05) is 31.1 Å². The fraction of sp³-hybridized carbons (Fsp3) is 0.400. The molecule has 0 aromatic carbocycles. The zero-order valence-electron chi connectivity index (χ0n) is 9.65. The van der Waals surface area contributed by atoms with Crippen LogP contribution in [0.1, 0.15) is 5.56 Å². The zero-order chi connectivity index (χ0) is 13.2. The number of nitriles is 1. The van der Waals surface area contributed by atoms with Crippen LogP contribution in [0.4, 0.5) is 5.82 Å². The van der Waals surface area contributed by atoms with E-state index in [1.807, 2.05) is 4.90 Å². The molecule has 1 aromatic heterocycles. The van der Waals surface area contributed by atoms with Crippen LogP contribution < -0.4 is 10.0 Å². The van der Waals surface area contributed by atoms with Crippen LogP contribution in [0.2, 0.25) is 0 Å². The lowest BCUT2D eigenvalue weighted by Crippen LogP contribution is -2.51. The standard InChI is InChI=1S/C10H13N5O2S/c11-8-9-2-1-3-13-10(9)14-4-6-15(7-5-14)18(12,16)17/h1-3H,4-7H2,(H2,12,16,17). The van der Waals surface area contributed by atoms with E-state index in [9.17, 15) is 8.42 Å². The highest BCUT2D eigenvalue weighted by molar-refractivity contribution is 7.86. The SMILES string of the molecule is N#Cc1cccnc1N1CCN(S(N)(=O)=O)CC1. The van der Waals surface area contributed by atoms with Gasteiger partial charge in [0, 0.05) is 32.4 Å². The second kappa shape index (κ2) is 4.89. The Morgan fingerprint density at radius 3 is 2.56 bits per heavy atom. The van der Waals surface area contributed by atoms with E-state index < -0.39 is 10.2 Å². The summed E-state index contributed by atoms with van der Waals surface area (Å²) >= 11 is 0. The first-order valence-corrected chi connectivity index (χ1v) is 6.90. The number of nitrogens with zero attached hydrogens (tertiary/aromatic N) is 4. The third-order valence-electron chi connectivity index (χ3n) is 2.81. The Labute approximate surface area is 106 Å². The minimum Gasteiger partial charge on any atom is -0.353 e. The summed E-state index contributed by atoms with van der Waals surface area (Å²) in [5, 5.41) is 14.0. The molecule has 1 aliphatic heterocycles. The van der Waals surface area contributed by atoms with Gasteiger partial charge in [-0.1, -0.05) is 0 Å². The lowest BCUT2D eigenvalue weighted by atomic mass is 10.2. The molecule has 0 bridgehead atoms. The fourth-order valence-corrected chi connectivity index (χ4v) is 2.56. The molecule has 0 saturated carbocycles. The molecule has 1 fully saturated rings. The van der Waals surface area contributed by atoms with Crippen LogP contribution in [0.3, 0.4) is 0 Å². The molecule has 1 aliphatic rings. The molecule has 0 amide bonds. The molecule has 8 heteroatoms. The van der Waals surface area contributed by atoms with Gasteiger partial charge < -0.3 is 4.90 Å². The van der Waals surface area contributed by atoms with Crippen LogP contribution in [0, 0.1) is 11.3 Å². The summed E-state index contributed by atoms with van der Waals surface area (Å²) in [7, 11) is -3.63. The van der Waals surface area contributed by atoms with Gasteiger partial charge in [0.25, 0.3) is 10.2 Å². The number of piperazine rings is 1. The van der Waals surface area contributed by atoms with Gasteiger partial charge in [0.1, 0.15) is 11.9 Å². The Bertz CT molecular complexity index is 572. The van der Waals surface area contributed by atoms with Crippen LogP contribution in [-0.4, -0.2) is 43.9 Å². The quantitative estimate of drug-likeness (QED) is 0.761. The predicted molar refractivity (Wildman–Crippen MR) is 65.8 cm³/mol. The molecular weight excluding hydrogens is 254 g/mol. The van der Waals surface area contributed by atoms with Crippen LogP contribution in [0.15, 0.2) is 18.3 Å². The highest BCUT2D eigenvalue weighted by Crippen LogP contribution is 2.18. The molecule has 0 atom stereocenters. The monoisotopic (exact) mass is 267 g/mol. The second-order valence-electron chi connectivity index (χ2n) is 3.92. The maximum absolute atomic E-state index is 11.2. The average molecular weight is 267 g/mol. The van der Waals surface area contributed by atoms with Crippen LogP contribution in [0.25, 0.3) is 0 Å². The van der Waals surface area contributed by atoms with Crippen molar-refractivity contribution in [1.82, 2.24) is 9.29 Å². The summed E-state index contributed by atoms with van der Waals surface area (Å²) in [4.78, 5) is 6.05. The summed E-state index contributed by atoms with van der Waals surface area (Å²) < 4.78 is 23.6. The maximum atomic E-state index is 11.2. The molecule has 1 aromatic rings. The molecule has 0 unspecified atom stereocenters. The number of aromatic nitrogens is 1. The van der Waals surface area contributed by atoms with E-state index in [0.717, 1.165) is 0 Å². The van der Waals surface area contributed by atoms with Crippen molar-refractivity contribution in [1.29, 1.82) is 5.26 Å². The van der Waals surface area contributed by atoms with Crippen LogP contribution in [0.5, 0.6) is 0 Å². The Hall–Kier alpha value is -1.69. The van der Waals surface area contributed by atoms with E-state index in [-0.39, 0.29) is 0 Å². The van der Waals surface area contributed by atoms with E-state index in [4.69, 9.17) is 10.4 Å². The van der Waals surface area contributed by atoms with E-state index in [2.05, 4.69) is 11.1 Å². The van der Waals surface area contributed by atoms with E-state index >= 15 is 0 Å². The number of nitrogens with two attached hydrogens (primary N) is 1. The lowest BCUT2D eigenvalue weighted by molar-refractivity contribution is 0.384. The summed E-state index contributed by atoms with van der Waals surface area (Å²) in [6.07, 6.45) is 1.61. The molecule has 7 nitrogen and oxygen atoms in total. The van der Waals surface area contributed by atoms with Gasteiger partial charge >= 0.3 is 0 Å². The predicted octanol–water partition coefficient (Wildman–Crippen LogP) is -0.721. The van der Waals surface area contributed by atoms with Gasteiger partial charge in [-0.3, -0.25) is 0 Å². The smallest absolute Gasteiger partial charge is 0.277 e. The summed E-state index contributed by atoms with van der Waals surface area (Å²) in [6.45, 7) is 1.56. The molecule has 2 heterocycles. The zero-order valence-corrected chi connectivity index (χ0v) is 10.5. The Morgan fingerprint density at radius 2 is 2.00 bits per heavy atom. The molecule has 18 heavy (non-hydrogen) atoms. The lowest BCUT2D eigenvalue weighted by Gasteiger charge is -2.33. The molecule has 96 valence electrons. The summed E-state index contributed by atoms with van der Waals surface area (Å²) in [5.41, 5.74) is 0.488. The Kier molecular flexibility index (Phi) is 3.47. The number of hydrogen-bond acceptors (Lipinski definition) is 5. The third kappa shape index (κ3) is 2.59. The first-order chi connectivity index (χ1) is 8.52. The maximum Gasteiger partial charge on any atom is 0.277 e. The van der Waals surface area contributed by atoms with Crippen molar-refractivity contribution in [3.05, 3.63) is 23.9 Å². The Morgan fingerprint density at radius 1 is 1.33 bits per heavy atom. The van der Waals surface area contributed by atoms with Crippen molar-refractivity contribution in [2.24, 2.45) is 5.14 Å². The van der Waals surface area contributed by atoms with Gasteiger partial charge in [-0.05, 0) is 12.1 Å². The molecule has 0 aliphatic carbocycles. The second-order valence-corrected chi connectivity index (χ2v) is 5.46. The number of anilines is 1. The first kappa shape index (κ1) is 12.8. The molecule has 2 rings (SSSR count). The van der Waals surface area contributed by atoms with Gasteiger partial charge in [0.15, 0.2) is 0 Å². The topological polar surface area (TPSA) is 103 Å². The molecule has 0 radical (unpaired) electrons. The first-order valence-electron chi connectivity index (χ1n) is 5.40. The van der Waals surface area contributed by atoms with Crippen LogP contribution >= 0.6 is 0 Å². The normalized spacial score (nSPS) is 17.4. The van der Waals surface area contributed by atoms with Gasteiger partial charge in [-0.25, -0.2) is 10.1 Å². The number of rotatable bonds is 2. The van der Waals surface area contributed by atoms with Crippen LogP contribution in [-0.2, 0) is 10.2 Å². The largest absolute Gasteiger partial charge is 0.353 e.